The third-order valence-electron chi connectivity index (χ3n) is 3.13. The van der Waals surface area contributed by atoms with Crippen LogP contribution in [0.4, 0.5) is 0 Å². The molecule has 0 radical (unpaired) electrons. The largest absolute Gasteiger partial charge is 0.0848 e. The molecule has 1 fully saturated rings. The van der Waals surface area contributed by atoms with Crippen LogP contribution in [0.15, 0.2) is 11.6 Å². The fourth-order valence-corrected chi connectivity index (χ4v) is 2.50. The quantitative estimate of drug-likeness (QED) is 0.449. The molecule has 0 N–H and O–H groups in total. The van der Waals surface area contributed by atoms with Gasteiger partial charge in [-0.1, -0.05) is 18.6 Å². The van der Waals surface area contributed by atoms with E-state index in [1.165, 1.54) is 32.1 Å². The average molecular weight is 136 g/mol. The highest BCUT2D eigenvalue weighted by Crippen LogP contribution is 2.41. The molecule has 56 valence electrons. The molecule has 0 nitrogen and oxygen atoms in total. The van der Waals surface area contributed by atoms with Crippen LogP contribution in [0.25, 0.3) is 0 Å². The summed E-state index contributed by atoms with van der Waals surface area (Å²) in [6.45, 7) is 2.39. The molecule has 2 aliphatic rings. The summed E-state index contributed by atoms with van der Waals surface area (Å²) in [5.74, 6) is 1.93. The van der Waals surface area contributed by atoms with Gasteiger partial charge in [-0.15, -0.1) is 0 Å². The maximum atomic E-state index is 2.51. The molecule has 2 unspecified atom stereocenters. The van der Waals surface area contributed by atoms with E-state index in [0.717, 1.165) is 11.8 Å². The molecule has 0 aliphatic heterocycles. The molecule has 2 aliphatic carbocycles. The third-order valence-corrected chi connectivity index (χ3v) is 3.13. The van der Waals surface area contributed by atoms with Gasteiger partial charge in [0.1, 0.15) is 0 Å². The maximum Gasteiger partial charge on any atom is -0.0200 e. The zero-order chi connectivity index (χ0) is 6.97. The lowest BCUT2D eigenvalue weighted by Gasteiger charge is -2.18. The minimum Gasteiger partial charge on any atom is -0.0848 e. The first-order chi connectivity index (χ1) is 4.88. The minimum atomic E-state index is 0.922. The van der Waals surface area contributed by atoms with Gasteiger partial charge in [-0.2, -0.15) is 0 Å². The van der Waals surface area contributed by atoms with Gasteiger partial charge < -0.3 is 0 Å². The Bertz CT molecular complexity index is 155. The van der Waals surface area contributed by atoms with E-state index in [-0.39, 0.29) is 0 Å². The van der Waals surface area contributed by atoms with Crippen LogP contribution < -0.4 is 0 Å². The Labute approximate surface area is 63.3 Å². The van der Waals surface area contributed by atoms with E-state index >= 15 is 0 Å². The first-order valence-corrected chi connectivity index (χ1v) is 4.58. The summed E-state index contributed by atoms with van der Waals surface area (Å²) < 4.78 is 0. The number of fused-ring (bicyclic) bond motifs is 1. The van der Waals surface area contributed by atoms with E-state index in [2.05, 4.69) is 13.0 Å². The summed E-state index contributed by atoms with van der Waals surface area (Å²) in [5, 5.41) is 0. The predicted octanol–water partition coefficient (Wildman–Crippen LogP) is 3.14. The predicted molar refractivity (Wildman–Crippen MR) is 43.8 cm³/mol. The summed E-state index contributed by atoms with van der Waals surface area (Å²) in [7, 11) is 0. The van der Waals surface area contributed by atoms with Crippen LogP contribution in [-0.2, 0) is 0 Å². The van der Waals surface area contributed by atoms with Crippen LogP contribution >= 0.6 is 0 Å². The number of hydrogen-bond donors (Lipinski definition) is 0. The van der Waals surface area contributed by atoms with Gasteiger partial charge in [0, 0.05) is 0 Å². The molecule has 2 rings (SSSR count). The Morgan fingerprint density at radius 2 is 2.20 bits per heavy atom. The van der Waals surface area contributed by atoms with Gasteiger partial charge in [0.25, 0.3) is 0 Å². The van der Waals surface area contributed by atoms with Crippen LogP contribution in [0.3, 0.4) is 0 Å². The van der Waals surface area contributed by atoms with Crippen molar-refractivity contribution in [2.75, 3.05) is 0 Å². The van der Waals surface area contributed by atoms with Crippen molar-refractivity contribution in [1.29, 1.82) is 0 Å². The summed E-state index contributed by atoms with van der Waals surface area (Å²) in [6, 6.07) is 0. The van der Waals surface area contributed by atoms with E-state index in [9.17, 15) is 0 Å². The summed E-state index contributed by atoms with van der Waals surface area (Å²) in [5.41, 5.74) is 1.80. The van der Waals surface area contributed by atoms with E-state index < -0.39 is 0 Å². The van der Waals surface area contributed by atoms with Crippen molar-refractivity contribution in [1.82, 2.24) is 0 Å². The molecular formula is C10H16. The molecule has 0 saturated heterocycles. The smallest absolute Gasteiger partial charge is 0.0200 e. The zero-order valence-electron chi connectivity index (χ0n) is 6.77. The lowest BCUT2D eigenvalue weighted by molar-refractivity contribution is 0.525. The van der Waals surface area contributed by atoms with Gasteiger partial charge in [-0.3, -0.25) is 0 Å². The molecule has 0 aromatic carbocycles. The van der Waals surface area contributed by atoms with E-state index in [4.69, 9.17) is 0 Å². The molecule has 0 aromatic heterocycles. The molecular weight excluding hydrogens is 120 g/mol. The second-order valence-corrected chi connectivity index (χ2v) is 3.81. The minimum absolute atomic E-state index is 0.922. The van der Waals surface area contributed by atoms with Crippen LogP contribution in [0.5, 0.6) is 0 Å². The van der Waals surface area contributed by atoms with Gasteiger partial charge in [-0.25, -0.2) is 0 Å². The number of rotatable bonds is 0. The van der Waals surface area contributed by atoms with Crippen molar-refractivity contribution in [3.05, 3.63) is 11.6 Å². The molecule has 0 amide bonds. The fourth-order valence-electron chi connectivity index (χ4n) is 2.50. The molecule has 0 spiro atoms. The normalized spacial score (nSPS) is 39.1. The van der Waals surface area contributed by atoms with Crippen molar-refractivity contribution in [2.24, 2.45) is 11.8 Å². The van der Waals surface area contributed by atoms with Crippen molar-refractivity contribution >= 4 is 0 Å². The lowest BCUT2D eigenvalue weighted by Crippen LogP contribution is -2.04. The van der Waals surface area contributed by atoms with Crippen LogP contribution in [-0.4, -0.2) is 0 Å². The van der Waals surface area contributed by atoms with E-state index in [1.807, 2.05) is 0 Å². The van der Waals surface area contributed by atoms with Crippen LogP contribution in [0.2, 0.25) is 0 Å². The Morgan fingerprint density at radius 3 is 3.00 bits per heavy atom. The standard InChI is InChI=1S/C10H16/c1-8-6-7-9-4-2-3-5-10(8)9/h5,8-9H,2-4,6-7H2,1H3. The highest BCUT2D eigenvalue weighted by Gasteiger charge is 2.27. The topological polar surface area (TPSA) is 0 Å². The van der Waals surface area contributed by atoms with E-state index in [0.29, 0.717) is 0 Å². The molecule has 0 heterocycles. The number of hydrogen-bond acceptors (Lipinski definition) is 0. The second kappa shape index (κ2) is 2.41. The van der Waals surface area contributed by atoms with Gasteiger partial charge in [0.2, 0.25) is 0 Å². The van der Waals surface area contributed by atoms with Crippen LogP contribution in [0.1, 0.15) is 39.0 Å². The Hall–Kier alpha value is -0.260. The average Bonchev–Trinajstić information content (AvgIpc) is 2.34. The Kier molecular flexibility index (Phi) is 1.55. The van der Waals surface area contributed by atoms with E-state index in [1.54, 1.807) is 5.57 Å². The fraction of sp³-hybridized carbons (Fsp3) is 0.800. The number of allylic oxidation sites excluding steroid dienone is 2. The molecule has 0 aromatic rings. The maximum absolute atomic E-state index is 2.51. The molecule has 0 heteroatoms. The molecule has 1 saturated carbocycles. The summed E-state index contributed by atoms with van der Waals surface area (Å²) in [6.07, 6.45) is 9.72. The monoisotopic (exact) mass is 136 g/mol. The van der Waals surface area contributed by atoms with Gasteiger partial charge in [0.15, 0.2) is 0 Å². The first-order valence-electron chi connectivity index (χ1n) is 4.58. The molecule has 10 heavy (non-hydrogen) atoms. The molecule has 0 bridgehead atoms. The van der Waals surface area contributed by atoms with Crippen molar-refractivity contribution in [3.8, 4) is 0 Å². The Balaban J connectivity index is 2.19. The van der Waals surface area contributed by atoms with Crippen LogP contribution in [0, 0.1) is 11.8 Å². The third kappa shape index (κ3) is 0.902. The highest BCUT2D eigenvalue weighted by molar-refractivity contribution is 5.16. The van der Waals surface area contributed by atoms with Crippen molar-refractivity contribution in [3.63, 3.8) is 0 Å². The first kappa shape index (κ1) is 6.45. The van der Waals surface area contributed by atoms with Gasteiger partial charge in [0.05, 0.1) is 0 Å². The second-order valence-electron chi connectivity index (χ2n) is 3.81. The SMILES string of the molecule is CC1CCC2CCCC=C12. The molecule has 2 atom stereocenters. The highest BCUT2D eigenvalue weighted by atomic mass is 14.3. The summed E-state index contributed by atoms with van der Waals surface area (Å²) in [4.78, 5) is 0. The Morgan fingerprint density at radius 1 is 1.30 bits per heavy atom. The van der Waals surface area contributed by atoms with Crippen molar-refractivity contribution in [2.45, 2.75) is 39.0 Å². The van der Waals surface area contributed by atoms with Gasteiger partial charge >= 0.3 is 0 Å². The summed E-state index contributed by atoms with van der Waals surface area (Å²) >= 11 is 0. The zero-order valence-corrected chi connectivity index (χ0v) is 6.77. The van der Waals surface area contributed by atoms with Gasteiger partial charge in [-0.05, 0) is 43.9 Å². The van der Waals surface area contributed by atoms with Crippen molar-refractivity contribution < 1.29 is 0 Å². The lowest BCUT2D eigenvalue weighted by atomic mass is 9.88.